The maximum Gasteiger partial charge on any atom is 0.101 e. The lowest BCUT2D eigenvalue weighted by Crippen LogP contribution is -1.97. The molecule has 2 heteroatoms. The van der Waals surface area contributed by atoms with Crippen LogP contribution in [0.5, 0.6) is 0 Å². The van der Waals surface area contributed by atoms with E-state index in [1.807, 2.05) is 84.9 Å². The molecule has 0 aliphatic carbocycles. The van der Waals surface area contributed by atoms with E-state index in [0.717, 1.165) is 33.0 Å². The van der Waals surface area contributed by atoms with Gasteiger partial charge in [0.1, 0.15) is 12.1 Å². The van der Waals surface area contributed by atoms with E-state index in [9.17, 15) is 10.5 Å². The number of fused-ring (bicyclic) bond motifs is 1. The van der Waals surface area contributed by atoms with Crippen molar-refractivity contribution in [2.24, 2.45) is 0 Å². The van der Waals surface area contributed by atoms with Crippen LogP contribution in [0.3, 0.4) is 0 Å². The monoisotopic (exact) mass is 330 g/mol. The van der Waals surface area contributed by atoms with Crippen molar-refractivity contribution in [3.05, 3.63) is 96.1 Å². The highest BCUT2D eigenvalue weighted by atomic mass is 14.3. The minimum Gasteiger partial charge on any atom is -0.192 e. The fourth-order valence-corrected chi connectivity index (χ4v) is 3.47. The summed E-state index contributed by atoms with van der Waals surface area (Å²) in [5, 5.41) is 21.8. The average Bonchev–Trinajstić information content (AvgIpc) is 2.73. The third kappa shape index (κ3) is 2.42. The summed E-state index contributed by atoms with van der Waals surface area (Å²) in [7, 11) is 0. The quantitative estimate of drug-likeness (QED) is 0.458. The molecule has 4 aromatic carbocycles. The molecule has 0 unspecified atom stereocenters. The fraction of sp³-hybridized carbons (Fsp3) is 0. The second-order valence-electron chi connectivity index (χ2n) is 6.00. The first-order valence-electron chi connectivity index (χ1n) is 8.35. The summed E-state index contributed by atoms with van der Waals surface area (Å²) < 4.78 is 0. The van der Waals surface area contributed by atoms with Gasteiger partial charge in [-0.15, -0.1) is 0 Å². The number of benzene rings is 4. The Morgan fingerprint density at radius 2 is 0.808 bits per heavy atom. The number of hydrogen-bond donors (Lipinski definition) is 0. The van der Waals surface area contributed by atoms with E-state index >= 15 is 0 Å². The molecule has 120 valence electrons. The van der Waals surface area contributed by atoms with Crippen molar-refractivity contribution in [2.45, 2.75) is 0 Å². The van der Waals surface area contributed by atoms with Crippen LogP contribution in [0.2, 0.25) is 0 Å². The molecule has 0 bridgehead atoms. The van der Waals surface area contributed by atoms with Gasteiger partial charge in [-0.1, -0.05) is 84.9 Å². The van der Waals surface area contributed by atoms with Crippen LogP contribution in [0.15, 0.2) is 84.9 Å². The summed E-state index contributed by atoms with van der Waals surface area (Å²) in [5.74, 6) is 0. The minimum atomic E-state index is 0.427. The Bertz CT molecular complexity index is 1080. The van der Waals surface area contributed by atoms with Crippen LogP contribution in [0.1, 0.15) is 11.1 Å². The van der Waals surface area contributed by atoms with E-state index in [0.29, 0.717) is 11.1 Å². The van der Waals surface area contributed by atoms with E-state index < -0.39 is 0 Å². The Morgan fingerprint density at radius 1 is 0.462 bits per heavy atom. The molecular weight excluding hydrogens is 316 g/mol. The van der Waals surface area contributed by atoms with Crippen molar-refractivity contribution in [3.8, 4) is 34.4 Å². The predicted octanol–water partition coefficient (Wildman–Crippen LogP) is 5.92. The SMILES string of the molecule is N#Cc1c(C#N)c(-c2ccccc2)c2ccccc2c1-c1ccccc1. The smallest absolute Gasteiger partial charge is 0.101 e. The number of nitriles is 2. The van der Waals surface area contributed by atoms with Crippen LogP contribution in [0, 0.1) is 22.7 Å². The molecule has 0 amide bonds. The van der Waals surface area contributed by atoms with E-state index in [2.05, 4.69) is 12.1 Å². The maximum atomic E-state index is 9.92. The van der Waals surface area contributed by atoms with E-state index in [-0.39, 0.29) is 0 Å². The molecule has 4 aromatic rings. The largest absolute Gasteiger partial charge is 0.192 e. The molecule has 0 atom stereocenters. The highest BCUT2D eigenvalue weighted by Gasteiger charge is 2.21. The average molecular weight is 330 g/mol. The third-order valence-electron chi connectivity index (χ3n) is 4.56. The molecule has 0 aliphatic heterocycles. The van der Waals surface area contributed by atoms with Crippen molar-refractivity contribution in [1.82, 2.24) is 0 Å². The van der Waals surface area contributed by atoms with Gasteiger partial charge in [-0.3, -0.25) is 0 Å². The fourth-order valence-electron chi connectivity index (χ4n) is 3.47. The van der Waals surface area contributed by atoms with Gasteiger partial charge >= 0.3 is 0 Å². The van der Waals surface area contributed by atoms with Gasteiger partial charge in [0.15, 0.2) is 0 Å². The lowest BCUT2D eigenvalue weighted by Gasteiger charge is -2.16. The molecular formula is C24H14N2. The minimum absolute atomic E-state index is 0.427. The van der Waals surface area contributed by atoms with E-state index in [1.54, 1.807) is 0 Å². The Kier molecular flexibility index (Phi) is 3.94. The van der Waals surface area contributed by atoms with Crippen LogP contribution >= 0.6 is 0 Å². The predicted molar refractivity (Wildman–Crippen MR) is 104 cm³/mol. The van der Waals surface area contributed by atoms with Gasteiger partial charge in [-0.2, -0.15) is 10.5 Å². The molecule has 0 aromatic heterocycles. The first-order valence-corrected chi connectivity index (χ1v) is 8.35. The molecule has 4 rings (SSSR count). The van der Waals surface area contributed by atoms with Gasteiger partial charge in [0, 0.05) is 11.1 Å². The number of hydrogen-bond acceptors (Lipinski definition) is 2. The lowest BCUT2D eigenvalue weighted by atomic mass is 9.84. The summed E-state index contributed by atoms with van der Waals surface area (Å²) in [5.41, 5.74) is 4.38. The second-order valence-corrected chi connectivity index (χ2v) is 6.00. The Morgan fingerprint density at radius 3 is 1.15 bits per heavy atom. The molecule has 26 heavy (non-hydrogen) atoms. The highest BCUT2D eigenvalue weighted by molar-refractivity contribution is 6.09. The molecule has 0 saturated heterocycles. The Labute approximate surface area is 152 Å². The zero-order chi connectivity index (χ0) is 17.9. The van der Waals surface area contributed by atoms with Crippen molar-refractivity contribution in [2.75, 3.05) is 0 Å². The summed E-state index contributed by atoms with van der Waals surface area (Å²) in [6, 6.07) is 32.2. The van der Waals surface area contributed by atoms with Gasteiger partial charge in [-0.05, 0) is 21.9 Å². The number of rotatable bonds is 2. The van der Waals surface area contributed by atoms with Gasteiger partial charge in [0.25, 0.3) is 0 Å². The first kappa shape index (κ1) is 15.6. The van der Waals surface area contributed by atoms with E-state index in [1.165, 1.54) is 0 Å². The standard InChI is InChI=1S/C24H14N2/c25-15-21-22(16-26)24(18-11-5-2-6-12-18)20-14-8-7-13-19(20)23(21)17-9-3-1-4-10-17/h1-14H. The van der Waals surface area contributed by atoms with Gasteiger partial charge in [0.2, 0.25) is 0 Å². The van der Waals surface area contributed by atoms with Crippen molar-refractivity contribution in [3.63, 3.8) is 0 Å². The maximum absolute atomic E-state index is 9.92. The van der Waals surface area contributed by atoms with Gasteiger partial charge in [-0.25, -0.2) is 0 Å². The van der Waals surface area contributed by atoms with Crippen molar-refractivity contribution < 1.29 is 0 Å². The van der Waals surface area contributed by atoms with Gasteiger partial charge in [0.05, 0.1) is 11.1 Å². The summed E-state index contributed by atoms with van der Waals surface area (Å²) in [6.07, 6.45) is 0. The molecule has 0 N–H and O–H groups in total. The highest BCUT2D eigenvalue weighted by Crippen LogP contribution is 2.41. The molecule has 0 aliphatic rings. The molecule has 0 spiro atoms. The second kappa shape index (κ2) is 6.55. The molecule has 0 fully saturated rings. The summed E-state index contributed by atoms with van der Waals surface area (Å²) in [6.45, 7) is 0. The van der Waals surface area contributed by atoms with Gasteiger partial charge < -0.3 is 0 Å². The van der Waals surface area contributed by atoms with Crippen LogP contribution in [-0.4, -0.2) is 0 Å². The molecule has 0 saturated carbocycles. The van der Waals surface area contributed by atoms with Crippen LogP contribution < -0.4 is 0 Å². The topological polar surface area (TPSA) is 47.6 Å². The van der Waals surface area contributed by atoms with Crippen LogP contribution in [0.4, 0.5) is 0 Å². The Hall–Kier alpha value is -3.88. The van der Waals surface area contributed by atoms with Crippen LogP contribution in [-0.2, 0) is 0 Å². The zero-order valence-electron chi connectivity index (χ0n) is 14.0. The summed E-state index contributed by atoms with van der Waals surface area (Å²) in [4.78, 5) is 0. The van der Waals surface area contributed by atoms with Crippen molar-refractivity contribution in [1.29, 1.82) is 10.5 Å². The summed E-state index contributed by atoms with van der Waals surface area (Å²) >= 11 is 0. The lowest BCUT2D eigenvalue weighted by molar-refractivity contribution is 1.44. The Balaban J connectivity index is 2.23. The molecule has 0 radical (unpaired) electrons. The number of nitrogens with zero attached hydrogens (tertiary/aromatic N) is 2. The zero-order valence-corrected chi connectivity index (χ0v) is 14.0. The molecule has 0 heterocycles. The first-order chi connectivity index (χ1) is 12.8. The normalized spacial score (nSPS) is 10.2. The van der Waals surface area contributed by atoms with Crippen molar-refractivity contribution >= 4 is 10.8 Å². The molecule has 2 nitrogen and oxygen atoms in total. The van der Waals surface area contributed by atoms with Crippen LogP contribution in [0.25, 0.3) is 33.0 Å². The van der Waals surface area contributed by atoms with E-state index in [4.69, 9.17) is 0 Å². The third-order valence-corrected chi connectivity index (χ3v) is 4.56.